The molecule has 6 nitrogen and oxygen atoms in total. The van der Waals surface area contributed by atoms with Crippen molar-refractivity contribution in [1.29, 1.82) is 0 Å². The average Bonchev–Trinajstić information content (AvgIpc) is 3.19. The standard InChI is InChI=1S/C35H42N4O2/c1-4-25-41-30-18-14-27(15-19-30)16-21-33-35(2,3)31-26-29(38-28-11-7-5-8-12-28)17-20-32(31)39(33)24-10-6-9-13-34(40)37-23-22-36/h4-5,7-8,11-12,14-21,26,38H,1,6,9-10,13,22-25,36H2,2-3H3/p+1/b21-16+. The lowest BCUT2D eigenvalue weighted by Crippen LogP contribution is -2.28. The quantitative estimate of drug-likeness (QED) is 0.111. The monoisotopic (exact) mass is 551 g/mol. The van der Waals surface area contributed by atoms with Crippen molar-refractivity contribution in [3.05, 3.63) is 103 Å². The van der Waals surface area contributed by atoms with Gasteiger partial charge in [-0.3, -0.25) is 4.79 Å². The number of ether oxygens (including phenoxy) is 1. The Morgan fingerprint density at radius 2 is 1.76 bits per heavy atom. The minimum Gasteiger partial charge on any atom is -0.490 e. The summed E-state index contributed by atoms with van der Waals surface area (Å²) in [5.41, 5.74) is 12.4. The minimum atomic E-state index is -0.185. The van der Waals surface area contributed by atoms with Gasteiger partial charge in [-0.1, -0.05) is 43.0 Å². The number of hydrogen-bond donors (Lipinski definition) is 3. The predicted octanol–water partition coefficient (Wildman–Crippen LogP) is 6.72. The fourth-order valence-electron chi connectivity index (χ4n) is 5.22. The van der Waals surface area contributed by atoms with E-state index in [1.54, 1.807) is 6.08 Å². The Hall–Kier alpha value is -4.16. The maximum absolute atomic E-state index is 12.0. The van der Waals surface area contributed by atoms with Crippen LogP contribution in [0.15, 0.2) is 91.5 Å². The summed E-state index contributed by atoms with van der Waals surface area (Å²) < 4.78 is 8.09. The zero-order valence-corrected chi connectivity index (χ0v) is 24.4. The number of unbranched alkanes of at least 4 members (excludes halogenated alkanes) is 2. The molecule has 3 aromatic rings. The van der Waals surface area contributed by atoms with E-state index < -0.39 is 0 Å². The van der Waals surface area contributed by atoms with Gasteiger partial charge in [-0.05, 0) is 74.7 Å². The number of nitrogens with two attached hydrogens (primary N) is 1. The first-order valence-corrected chi connectivity index (χ1v) is 14.5. The van der Waals surface area contributed by atoms with E-state index in [1.165, 1.54) is 17.0 Å². The number of nitrogens with zero attached hydrogens (tertiary/aromatic N) is 1. The van der Waals surface area contributed by atoms with Crippen molar-refractivity contribution < 1.29 is 14.1 Å². The number of benzene rings is 3. The van der Waals surface area contributed by atoms with Gasteiger partial charge in [-0.25, -0.2) is 0 Å². The van der Waals surface area contributed by atoms with Gasteiger partial charge >= 0.3 is 0 Å². The molecule has 0 bridgehead atoms. The van der Waals surface area contributed by atoms with Crippen molar-refractivity contribution in [2.24, 2.45) is 5.73 Å². The Kier molecular flexibility index (Phi) is 10.5. The second kappa shape index (κ2) is 14.5. The Labute approximate surface area is 244 Å². The lowest BCUT2D eigenvalue weighted by atomic mass is 9.81. The van der Waals surface area contributed by atoms with Crippen LogP contribution in [0, 0.1) is 0 Å². The molecule has 0 spiro atoms. The third-order valence-electron chi connectivity index (χ3n) is 7.39. The Bertz CT molecular complexity index is 1380. The number of allylic oxidation sites excluding steroid dienone is 1. The molecule has 1 aliphatic rings. The van der Waals surface area contributed by atoms with Gasteiger partial charge in [0.05, 0.1) is 5.41 Å². The molecular weight excluding hydrogens is 508 g/mol. The maximum atomic E-state index is 12.0. The number of amides is 1. The number of rotatable bonds is 15. The number of hydrogen-bond acceptors (Lipinski definition) is 4. The molecule has 4 rings (SSSR count). The van der Waals surface area contributed by atoms with Gasteiger partial charge in [0.25, 0.3) is 0 Å². The molecule has 0 aliphatic carbocycles. The van der Waals surface area contributed by atoms with Crippen LogP contribution in [0.5, 0.6) is 5.75 Å². The Morgan fingerprint density at radius 3 is 2.49 bits per heavy atom. The molecule has 0 atom stereocenters. The third kappa shape index (κ3) is 7.95. The Balaban J connectivity index is 1.55. The summed E-state index contributed by atoms with van der Waals surface area (Å²) in [4.78, 5) is 12.0. The molecule has 0 radical (unpaired) electrons. The van der Waals surface area contributed by atoms with Crippen molar-refractivity contribution >= 4 is 34.8 Å². The molecule has 1 aliphatic heterocycles. The highest BCUT2D eigenvalue weighted by Crippen LogP contribution is 2.42. The van der Waals surface area contributed by atoms with Crippen LogP contribution in [-0.2, 0) is 10.2 Å². The van der Waals surface area contributed by atoms with Gasteiger partial charge in [-0.15, -0.1) is 0 Å². The van der Waals surface area contributed by atoms with Crippen molar-refractivity contribution in [2.45, 2.75) is 44.9 Å². The fraction of sp³-hybridized carbons (Fsp3) is 0.314. The number of para-hydroxylation sites is 1. The van der Waals surface area contributed by atoms with Gasteiger partial charge in [0.1, 0.15) is 18.9 Å². The molecule has 1 amide bonds. The SMILES string of the molecule is C=CCOc1ccc(/C=C/C2=[N+](CCCCCC(=O)NCCN)c3ccc(Nc4ccccc4)cc3C2(C)C)cc1. The smallest absolute Gasteiger partial charge is 0.220 e. The minimum absolute atomic E-state index is 0.0812. The molecule has 0 fully saturated rings. The van der Waals surface area contributed by atoms with Crippen molar-refractivity contribution in [2.75, 3.05) is 31.6 Å². The van der Waals surface area contributed by atoms with E-state index in [9.17, 15) is 4.79 Å². The third-order valence-corrected chi connectivity index (χ3v) is 7.39. The molecule has 0 saturated heterocycles. The first-order chi connectivity index (χ1) is 19.9. The van der Waals surface area contributed by atoms with Gasteiger partial charge in [0.2, 0.25) is 11.6 Å². The molecule has 1 heterocycles. The molecule has 4 N–H and O–H groups in total. The van der Waals surface area contributed by atoms with Crippen LogP contribution in [0.25, 0.3) is 6.08 Å². The van der Waals surface area contributed by atoms with Crippen LogP contribution in [0.1, 0.15) is 50.7 Å². The number of fused-ring (bicyclic) bond motifs is 1. The lowest BCUT2D eigenvalue weighted by molar-refractivity contribution is -0.438. The second-order valence-electron chi connectivity index (χ2n) is 10.8. The van der Waals surface area contributed by atoms with E-state index in [-0.39, 0.29) is 11.3 Å². The zero-order chi connectivity index (χ0) is 29.1. The largest absolute Gasteiger partial charge is 0.490 e. The number of carbonyl (C=O) groups is 1. The van der Waals surface area contributed by atoms with E-state index in [0.29, 0.717) is 26.1 Å². The summed E-state index contributed by atoms with van der Waals surface area (Å²) in [5.74, 6) is 0.915. The van der Waals surface area contributed by atoms with Crippen molar-refractivity contribution in [3.63, 3.8) is 0 Å². The highest BCUT2D eigenvalue weighted by atomic mass is 16.5. The number of nitrogens with one attached hydrogen (secondary N) is 2. The summed E-state index contributed by atoms with van der Waals surface area (Å²) in [6, 6.07) is 25.1. The average molecular weight is 552 g/mol. The number of carbonyl (C=O) groups excluding carboxylic acids is 1. The summed E-state index contributed by atoms with van der Waals surface area (Å²) in [7, 11) is 0. The predicted molar refractivity (Wildman–Crippen MR) is 171 cm³/mol. The Morgan fingerprint density at radius 1 is 0.976 bits per heavy atom. The molecule has 214 valence electrons. The van der Waals surface area contributed by atoms with E-state index in [2.05, 4.69) is 90.3 Å². The van der Waals surface area contributed by atoms with Gasteiger partial charge in [0.15, 0.2) is 5.71 Å². The fourth-order valence-corrected chi connectivity index (χ4v) is 5.22. The van der Waals surface area contributed by atoms with Crippen LogP contribution in [0.3, 0.4) is 0 Å². The molecule has 6 heteroatoms. The maximum Gasteiger partial charge on any atom is 0.220 e. The first kappa shape index (κ1) is 29.8. The van der Waals surface area contributed by atoms with Gasteiger partial charge in [0, 0.05) is 55.0 Å². The topological polar surface area (TPSA) is 79.4 Å². The van der Waals surface area contributed by atoms with Crippen molar-refractivity contribution in [1.82, 2.24) is 5.32 Å². The molecule has 0 saturated carbocycles. The summed E-state index contributed by atoms with van der Waals surface area (Å²) in [5, 5.41) is 6.41. The van der Waals surface area contributed by atoms with E-state index in [4.69, 9.17) is 10.5 Å². The highest BCUT2D eigenvalue weighted by Gasteiger charge is 2.44. The van der Waals surface area contributed by atoms with E-state index >= 15 is 0 Å². The molecular formula is C35H43N4O2+. The second-order valence-corrected chi connectivity index (χ2v) is 10.8. The zero-order valence-electron chi connectivity index (χ0n) is 24.4. The molecule has 41 heavy (non-hydrogen) atoms. The van der Waals surface area contributed by atoms with Crippen LogP contribution in [0.4, 0.5) is 17.1 Å². The van der Waals surface area contributed by atoms with Gasteiger partial charge in [-0.2, -0.15) is 4.58 Å². The van der Waals surface area contributed by atoms with Crippen LogP contribution in [0.2, 0.25) is 0 Å². The highest BCUT2D eigenvalue weighted by molar-refractivity contribution is 6.05. The van der Waals surface area contributed by atoms with Crippen LogP contribution in [-0.4, -0.2) is 42.4 Å². The van der Waals surface area contributed by atoms with E-state index in [1.807, 2.05) is 30.3 Å². The first-order valence-electron chi connectivity index (χ1n) is 14.5. The normalized spacial score (nSPS) is 13.7. The van der Waals surface area contributed by atoms with Gasteiger partial charge < -0.3 is 21.1 Å². The van der Waals surface area contributed by atoms with E-state index in [0.717, 1.165) is 48.5 Å². The van der Waals surface area contributed by atoms with Crippen LogP contribution >= 0.6 is 0 Å². The molecule has 0 aromatic heterocycles. The summed E-state index contributed by atoms with van der Waals surface area (Å²) in [6.07, 6.45) is 9.57. The molecule has 3 aromatic carbocycles. The number of anilines is 2. The van der Waals surface area contributed by atoms with Crippen molar-refractivity contribution in [3.8, 4) is 5.75 Å². The van der Waals surface area contributed by atoms with Crippen LogP contribution < -0.4 is 21.1 Å². The summed E-state index contributed by atoms with van der Waals surface area (Å²) in [6.45, 7) is 10.7. The molecule has 0 unspecified atom stereocenters. The lowest BCUT2D eigenvalue weighted by Gasteiger charge is -2.17. The summed E-state index contributed by atoms with van der Waals surface area (Å²) >= 11 is 0.